The van der Waals surface area contributed by atoms with E-state index in [2.05, 4.69) is 6.07 Å². The van der Waals surface area contributed by atoms with Crippen LogP contribution >= 0.6 is 11.3 Å². The summed E-state index contributed by atoms with van der Waals surface area (Å²) in [5.41, 5.74) is 3.09. The molecule has 0 aliphatic carbocycles. The number of carbonyl (C=O) groups is 2. The van der Waals surface area contributed by atoms with E-state index in [0.29, 0.717) is 0 Å². The van der Waals surface area contributed by atoms with Crippen LogP contribution < -0.4 is 0 Å². The van der Waals surface area contributed by atoms with Crippen LogP contribution in [0.25, 0.3) is 16.3 Å². The van der Waals surface area contributed by atoms with Crippen LogP contribution in [0, 0.1) is 0 Å². The van der Waals surface area contributed by atoms with Crippen LogP contribution in [0.2, 0.25) is 0 Å². The molecule has 2 amide bonds. The Morgan fingerprint density at radius 2 is 1.93 bits per heavy atom. The van der Waals surface area contributed by atoms with E-state index in [4.69, 9.17) is 4.98 Å². The van der Waals surface area contributed by atoms with Crippen molar-refractivity contribution in [3.05, 3.63) is 70.9 Å². The van der Waals surface area contributed by atoms with Crippen molar-refractivity contribution in [2.45, 2.75) is 38.3 Å². The summed E-state index contributed by atoms with van der Waals surface area (Å²) in [7, 11) is 0. The maximum absolute atomic E-state index is 13.4. The molecule has 0 N–H and O–H groups in total. The smallest absolute Gasteiger partial charge is 0.225 e. The van der Waals surface area contributed by atoms with Crippen LogP contribution in [0.4, 0.5) is 0 Å². The van der Waals surface area contributed by atoms with E-state index in [-0.39, 0.29) is 30.3 Å². The molecule has 30 heavy (non-hydrogen) atoms. The van der Waals surface area contributed by atoms with Gasteiger partial charge in [0.2, 0.25) is 11.8 Å². The molecule has 2 atom stereocenters. The molecule has 6 heteroatoms. The fourth-order valence-corrected chi connectivity index (χ4v) is 5.67. The average molecular weight is 418 g/mol. The topological polar surface area (TPSA) is 53.5 Å². The minimum Gasteiger partial charge on any atom is -0.333 e. The summed E-state index contributed by atoms with van der Waals surface area (Å²) in [6.07, 6.45) is 5.94. The summed E-state index contributed by atoms with van der Waals surface area (Å²) in [6.45, 7) is 2.29. The molecular formula is C24H23N3O2S. The highest BCUT2D eigenvalue weighted by Gasteiger charge is 2.35. The fraction of sp³-hybridized carbons (Fsp3) is 0.292. The molecule has 0 saturated carbocycles. The zero-order valence-electron chi connectivity index (χ0n) is 16.8. The van der Waals surface area contributed by atoms with E-state index in [9.17, 15) is 9.59 Å². The van der Waals surface area contributed by atoms with Crippen molar-refractivity contribution in [3.63, 3.8) is 0 Å². The molecule has 0 spiro atoms. The molecule has 1 saturated heterocycles. The molecule has 5 nitrogen and oxygen atoms in total. The van der Waals surface area contributed by atoms with Crippen molar-refractivity contribution in [3.8, 4) is 0 Å². The summed E-state index contributed by atoms with van der Waals surface area (Å²) >= 11 is 1.68. The van der Waals surface area contributed by atoms with Crippen molar-refractivity contribution in [2.75, 3.05) is 6.54 Å². The average Bonchev–Trinajstić information content (AvgIpc) is 3.40. The first-order chi connectivity index (χ1) is 14.6. The summed E-state index contributed by atoms with van der Waals surface area (Å²) in [6, 6.07) is 15.9. The SMILES string of the molecule is CC(=O)N1C=Cc2ccccc2[C@@H]1CC(=O)N1CCC[C@@H]1c1nc2ccccc2s1. The first-order valence-corrected chi connectivity index (χ1v) is 11.1. The van der Waals surface area contributed by atoms with E-state index in [1.54, 1.807) is 29.4 Å². The number of hydrogen-bond donors (Lipinski definition) is 0. The van der Waals surface area contributed by atoms with Crippen molar-refractivity contribution in [2.24, 2.45) is 0 Å². The minimum atomic E-state index is -0.271. The van der Waals surface area contributed by atoms with Crippen molar-refractivity contribution >= 4 is 39.4 Å². The number of para-hydroxylation sites is 1. The second-order valence-electron chi connectivity index (χ2n) is 7.86. The van der Waals surface area contributed by atoms with Crippen LogP contribution in [0.15, 0.2) is 54.7 Å². The summed E-state index contributed by atoms with van der Waals surface area (Å²) in [5.74, 6) is 0.0285. The van der Waals surface area contributed by atoms with Crippen LogP contribution in [0.3, 0.4) is 0 Å². The first kappa shape index (κ1) is 19.0. The van der Waals surface area contributed by atoms with Gasteiger partial charge in [0.25, 0.3) is 0 Å². The van der Waals surface area contributed by atoms with Gasteiger partial charge in [0.05, 0.1) is 28.7 Å². The van der Waals surface area contributed by atoms with E-state index in [1.807, 2.05) is 53.4 Å². The summed E-state index contributed by atoms with van der Waals surface area (Å²) in [5, 5.41) is 1.01. The Labute approximate surface area is 179 Å². The predicted octanol–water partition coefficient (Wildman–Crippen LogP) is 4.92. The Kier molecular flexibility index (Phi) is 4.87. The molecular weight excluding hydrogens is 394 g/mol. The van der Waals surface area contributed by atoms with Crippen molar-refractivity contribution in [1.82, 2.24) is 14.8 Å². The zero-order valence-corrected chi connectivity index (χ0v) is 17.6. The van der Waals surface area contributed by atoms with Gasteiger partial charge in [-0.15, -0.1) is 11.3 Å². The van der Waals surface area contributed by atoms with Gasteiger partial charge in [-0.1, -0.05) is 36.4 Å². The van der Waals surface area contributed by atoms with E-state index in [1.165, 1.54) is 0 Å². The van der Waals surface area contributed by atoms with Gasteiger partial charge in [-0.25, -0.2) is 4.98 Å². The Morgan fingerprint density at radius 1 is 1.13 bits per heavy atom. The lowest BCUT2D eigenvalue weighted by Gasteiger charge is -2.34. The van der Waals surface area contributed by atoms with Gasteiger partial charge in [0, 0.05) is 19.7 Å². The molecule has 0 bridgehead atoms. The highest BCUT2D eigenvalue weighted by Crippen LogP contribution is 2.39. The van der Waals surface area contributed by atoms with Crippen LogP contribution in [0.1, 0.15) is 54.4 Å². The van der Waals surface area contributed by atoms with Gasteiger partial charge in [0.15, 0.2) is 0 Å². The third-order valence-corrected chi connectivity index (χ3v) is 7.14. The number of aromatic nitrogens is 1. The molecule has 2 aliphatic rings. The predicted molar refractivity (Wildman–Crippen MR) is 119 cm³/mol. The monoisotopic (exact) mass is 417 g/mol. The molecule has 1 fully saturated rings. The largest absolute Gasteiger partial charge is 0.333 e. The Balaban J connectivity index is 1.42. The number of likely N-dealkylation sites (tertiary alicyclic amines) is 1. The van der Waals surface area contributed by atoms with Crippen LogP contribution in [0.5, 0.6) is 0 Å². The first-order valence-electron chi connectivity index (χ1n) is 10.3. The quantitative estimate of drug-likeness (QED) is 0.608. The van der Waals surface area contributed by atoms with Crippen LogP contribution in [-0.4, -0.2) is 33.1 Å². The number of fused-ring (bicyclic) bond motifs is 2. The standard InChI is InChI=1S/C24H23N3O2S/c1-16(28)26-14-12-17-7-2-3-8-18(17)21(26)15-23(29)27-13-6-10-20(27)24-25-19-9-4-5-11-22(19)30-24/h2-5,7-9,11-12,14,20-21H,6,10,13,15H2,1H3/t20-,21+/m1/s1. The Hall–Kier alpha value is -2.99. The zero-order chi connectivity index (χ0) is 20.7. The molecule has 3 heterocycles. The molecule has 0 radical (unpaired) electrons. The number of hydrogen-bond acceptors (Lipinski definition) is 4. The summed E-state index contributed by atoms with van der Waals surface area (Å²) in [4.78, 5) is 34.1. The number of rotatable bonds is 3. The maximum Gasteiger partial charge on any atom is 0.225 e. The van der Waals surface area contributed by atoms with E-state index in [0.717, 1.165) is 45.7 Å². The van der Waals surface area contributed by atoms with Gasteiger partial charge < -0.3 is 9.80 Å². The molecule has 152 valence electrons. The number of nitrogens with zero attached hydrogens (tertiary/aromatic N) is 3. The van der Waals surface area contributed by atoms with Crippen molar-refractivity contribution in [1.29, 1.82) is 0 Å². The lowest BCUT2D eigenvalue weighted by atomic mass is 9.93. The second-order valence-corrected chi connectivity index (χ2v) is 8.92. The number of benzene rings is 2. The van der Waals surface area contributed by atoms with Gasteiger partial charge >= 0.3 is 0 Å². The Morgan fingerprint density at radius 3 is 2.77 bits per heavy atom. The normalized spacial score (nSPS) is 20.6. The molecule has 1 aromatic heterocycles. The van der Waals surface area contributed by atoms with Crippen molar-refractivity contribution < 1.29 is 9.59 Å². The summed E-state index contributed by atoms with van der Waals surface area (Å²) < 4.78 is 1.15. The highest BCUT2D eigenvalue weighted by molar-refractivity contribution is 7.18. The maximum atomic E-state index is 13.4. The fourth-order valence-electron chi connectivity index (χ4n) is 4.55. The molecule has 3 aromatic rings. The van der Waals surface area contributed by atoms with Crippen LogP contribution in [-0.2, 0) is 9.59 Å². The number of amides is 2. The number of carbonyl (C=O) groups excluding carboxylic acids is 2. The minimum absolute atomic E-state index is 0.0232. The van der Waals surface area contributed by atoms with Gasteiger partial charge in [0.1, 0.15) is 5.01 Å². The van der Waals surface area contributed by atoms with E-state index < -0.39 is 0 Å². The van der Waals surface area contributed by atoms with Gasteiger partial charge in [-0.3, -0.25) is 9.59 Å². The van der Waals surface area contributed by atoms with Gasteiger partial charge in [-0.2, -0.15) is 0 Å². The molecule has 2 aromatic carbocycles. The molecule has 0 unspecified atom stereocenters. The highest BCUT2D eigenvalue weighted by atomic mass is 32.1. The third-order valence-electron chi connectivity index (χ3n) is 6.01. The molecule has 2 aliphatic heterocycles. The lowest BCUT2D eigenvalue weighted by Crippen LogP contribution is -2.37. The third kappa shape index (κ3) is 3.31. The number of thiazole rings is 1. The Bertz CT molecular complexity index is 1120. The molecule has 5 rings (SSSR count). The second kappa shape index (κ2) is 7.69. The van der Waals surface area contributed by atoms with Gasteiger partial charge in [-0.05, 0) is 42.2 Å². The lowest BCUT2D eigenvalue weighted by molar-refractivity contribution is -0.135. The van der Waals surface area contributed by atoms with E-state index >= 15 is 0 Å².